The predicted molar refractivity (Wildman–Crippen MR) is 239 cm³/mol. The largest absolute Gasteiger partial charge is 0.404 e. The van der Waals surface area contributed by atoms with Gasteiger partial charge in [0.25, 0.3) is 0 Å². The van der Waals surface area contributed by atoms with Crippen LogP contribution in [0.25, 0.3) is 51.2 Å². The SMILES string of the molecule is C=Cc1c(/C=C\C)c(C/C=C\C=C(/N)C(=C)/C=C(/C#N)C=N)cc2c1-c1ccc(-c3cccc(/C(C)=C/C(C#N)=C\N)n3)cc1C21c2ccccc2-c2ccccc21. The molecule has 1 spiro atoms. The highest BCUT2D eigenvalue weighted by atomic mass is 14.7. The second kappa shape index (κ2) is 16.1. The Morgan fingerprint density at radius 1 is 0.845 bits per heavy atom. The fourth-order valence-corrected chi connectivity index (χ4v) is 8.39. The van der Waals surface area contributed by atoms with E-state index in [0.29, 0.717) is 23.3 Å². The summed E-state index contributed by atoms with van der Waals surface area (Å²) in [6, 6.07) is 36.6. The minimum Gasteiger partial charge on any atom is -0.404 e. The highest BCUT2D eigenvalue weighted by Crippen LogP contribution is 2.64. The molecule has 0 aliphatic heterocycles. The van der Waals surface area contributed by atoms with Gasteiger partial charge >= 0.3 is 0 Å². The van der Waals surface area contributed by atoms with Gasteiger partial charge in [0.05, 0.1) is 27.9 Å². The number of rotatable bonds is 11. The highest BCUT2D eigenvalue weighted by molar-refractivity contribution is 5.99. The highest BCUT2D eigenvalue weighted by Gasteiger charge is 2.52. The molecule has 5 aromatic rings. The van der Waals surface area contributed by atoms with Crippen LogP contribution >= 0.6 is 0 Å². The van der Waals surface area contributed by atoms with Gasteiger partial charge in [-0.15, -0.1) is 0 Å². The van der Waals surface area contributed by atoms with Gasteiger partial charge in [-0.2, -0.15) is 10.5 Å². The smallest absolute Gasteiger partial charge is 0.101 e. The average molecular weight is 751 g/mol. The third-order valence-corrected chi connectivity index (χ3v) is 10.9. The number of nitrogens with zero attached hydrogens (tertiary/aromatic N) is 3. The molecular weight excluding hydrogens is 709 g/mol. The summed E-state index contributed by atoms with van der Waals surface area (Å²) < 4.78 is 0. The maximum Gasteiger partial charge on any atom is 0.101 e. The Morgan fingerprint density at radius 2 is 1.55 bits per heavy atom. The molecule has 0 radical (unpaired) electrons. The van der Waals surface area contributed by atoms with Crippen LogP contribution in [0.5, 0.6) is 0 Å². The van der Waals surface area contributed by atoms with Crippen molar-refractivity contribution >= 4 is 23.9 Å². The van der Waals surface area contributed by atoms with Crippen LogP contribution in [0.1, 0.15) is 58.5 Å². The quantitative estimate of drug-likeness (QED) is 0.0687. The van der Waals surface area contributed by atoms with Crippen LogP contribution in [0.15, 0.2) is 169 Å². The van der Waals surface area contributed by atoms with E-state index in [9.17, 15) is 10.5 Å². The van der Waals surface area contributed by atoms with E-state index < -0.39 is 5.41 Å². The zero-order valence-corrected chi connectivity index (χ0v) is 32.6. The van der Waals surface area contributed by atoms with Gasteiger partial charge < -0.3 is 16.9 Å². The number of benzene rings is 4. The van der Waals surface area contributed by atoms with Gasteiger partial charge in [0.15, 0.2) is 0 Å². The summed E-state index contributed by atoms with van der Waals surface area (Å²) >= 11 is 0. The van der Waals surface area contributed by atoms with Crippen LogP contribution in [-0.2, 0) is 11.8 Å². The monoisotopic (exact) mass is 750 g/mol. The Labute approximate surface area is 340 Å². The van der Waals surface area contributed by atoms with Crippen molar-refractivity contribution in [3.8, 4) is 45.6 Å². The molecule has 0 saturated heterocycles. The van der Waals surface area contributed by atoms with Crippen LogP contribution in [-0.4, -0.2) is 11.2 Å². The Balaban J connectivity index is 1.45. The van der Waals surface area contributed by atoms with Gasteiger partial charge in [-0.1, -0.05) is 116 Å². The minimum absolute atomic E-state index is 0.177. The summed E-state index contributed by atoms with van der Waals surface area (Å²) in [6.45, 7) is 12.3. The Morgan fingerprint density at radius 3 is 2.19 bits per heavy atom. The molecule has 0 saturated carbocycles. The first kappa shape index (κ1) is 38.5. The van der Waals surface area contributed by atoms with E-state index in [4.69, 9.17) is 21.9 Å². The molecule has 2 aliphatic rings. The second-order valence-corrected chi connectivity index (χ2v) is 14.2. The molecule has 1 heterocycles. The summed E-state index contributed by atoms with van der Waals surface area (Å²) in [4.78, 5) is 5.09. The first-order chi connectivity index (χ1) is 28.2. The van der Waals surface area contributed by atoms with Gasteiger partial charge in [0.1, 0.15) is 12.1 Å². The molecule has 4 aromatic carbocycles. The number of hydrogen-bond donors (Lipinski definition) is 3. The van der Waals surface area contributed by atoms with Crippen LogP contribution in [0.3, 0.4) is 0 Å². The van der Waals surface area contributed by atoms with Gasteiger partial charge in [-0.25, -0.2) is 4.98 Å². The molecule has 1 aromatic heterocycles. The van der Waals surface area contributed by atoms with Crippen molar-refractivity contribution in [1.82, 2.24) is 4.98 Å². The number of nitriles is 2. The standard InChI is InChI=1S/C52H42N6/c1-5-14-40-37(15-7-12-20-48(57)33(3)25-35(29-53)30-54)27-47-51(39(40)6-2)43-24-23-38(50-22-13-21-49(58-50)34(4)26-36(31-55)32-56)28-46(43)52(47)44-18-10-8-16-41(44)42-17-9-11-19-45(42)52/h5-14,16-29,31,53H,2-3,15,55,57H2,1,4H3/b12-7-,14-5-,34-26+,35-25+,36-31+,48-20-,53-29?. The number of allylic oxidation sites excluding steroid dienone is 9. The number of pyridine rings is 1. The fraction of sp³-hybridized carbons (Fsp3) is 0.0769. The molecular formula is C52H42N6. The van der Waals surface area contributed by atoms with Crippen LogP contribution in [0, 0.1) is 28.1 Å². The molecule has 0 atom stereocenters. The first-order valence-electron chi connectivity index (χ1n) is 19.0. The van der Waals surface area contributed by atoms with Crippen molar-refractivity contribution in [3.05, 3.63) is 214 Å². The summed E-state index contributed by atoms with van der Waals surface area (Å²) in [6.07, 6.45) is 18.1. The van der Waals surface area contributed by atoms with Crippen molar-refractivity contribution in [2.45, 2.75) is 25.7 Å². The van der Waals surface area contributed by atoms with Crippen molar-refractivity contribution < 1.29 is 0 Å². The number of nitrogens with one attached hydrogen (secondary N) is 1. The van der Waals surface area contributed by atoms with E-state index in [1.165, 1.54) is 45.7 Å². The van der Waals surface area contributed by atoms with E-state index in [0.717, 1.165) is 56.6 Å². The molecule has 0 bridgehead atoms. The summed E-state index contributed by atoms with van der Waals surface area (Å²) in [5.41, 5.74) is 29.1. The lowest BCUT2D eigenvalue weighted by Gasteiger charge is -2.31. The molecule has 280 valence electrons. The summed E-state index contributed by atoms with van der Waals surface area (Å²) in [7, 11) is 0. The molecule has 58 heavy (non-hydrogen) atoms. The second-order valence-electron chi connectivity index (χ2n) is 14.2. The molecule has 0 unspecified atom stereocenters. The van der Waals surface area contributed by atoms with Crippen molar-refractivity contribution in [2.75, 3.05) is 0 Å². The molecule has 5 N–H and O–H groups in total. The van der Waals surface area contributed by atoms with Gasteiger partial charge in [-0.05, 0) is 129 Å². The molecule has 6 heteroatoms. The average Bonchev–Trinajstić information content (AvgIpc) is 3.72. The Hall–Kier alpha value is -7.80. The van der Waals surface area contributed by atoms with Crippen LogP contribution in [0.2, 0.25) is 0 Å². The van der Waals surface area contributed by atoms with Crippen molar-refractivity contribution in [1.29, 1.82) is 15.9 Å². The van der Waals surface area contributed by atoms with Crippen molar-refractivity contribution in [3.63, 3.8) is 0 Å². The number of fused-ring (bicyclic) bond motifs is 10. The topological polar surface area (TPSA) is 136 Å². The molecule has 0 amide bonds. The van der Waals surface area contributed by atoms with E-state index in [1.807, 2.05) is 50.3 Å². The first-order valence-corrected chi connectivity index (χ1v) is 19.0. The van der Waals surface area contributed by atoms with E-state index >= 15 is 0 Å². The Kier molecular flexibility index (Phi) is 10.7. The third kappa shape index (κ3) is 6.43. The lowest BCUT2D eigenvalue weighted by atomic mass is 9.69. The van der Waals surface area contributed by atoms with E-state index in [-0.39, 0.29) is 5.57 Å². The van der Waals surface area contributed by atoms with Crippen LogP contribution in [0.4, 0.5) is 0 Å². The third-order valence-electron chi connectivity index (χ3n) is 10.9. The Bertz CT molecular complexity index is 2780. The maximum atomic E-state index is 9.49. The van der Waals surface area contributed by atoms with Crippen LogP contribution < -0.4 is 11.5 Å². The number of nitrogens with two attached hydrogens (primary N) is 2. The molecule has 7 rings (SSSR count). The fourth-order valence-electron chi connectivity index (χ4n) is 8.39. The lowest BCUT2D eigenvalue weighted by Crippen LogP contribution is -2.26. The maximum absolute atomic E-state index is 9.49. The van der Waals surface area contributed by atoms with Gasteiger partial charge in [0.2, 0.25) is 0 Å². The summed E-state index contributed by atoms with van der Waals surface area (Å²) in [5, 5.41) is 26.1. The summed E-state index contributed by atoms with van der Waals surface area (Å²) in [5.74, 6) is 0. The lowest BCUT2D eigenvalue weighted by molar-refractivity contribution is 0.792. The van der Waals surface area contributed by atoms with E-state index in [1.54, 1.807) is 12.2 Å². The minimum atomic E-state index is -0.624. The van der Waals surface area contributed by atoms with E-state index in [2.05, 4.69) is 110 Å². The number of aromatic nitrogens is 1. The zero-order chi connectivity index (χ0) is 41.0. The molecule has 6 nitrogen and oxygen atoms in total. The van der Waals surface area contributed by atoms with Gasteiger partial charge in [0, 0.05) is 23.7 Å². The van der Waals surface area contributed by atoms with Gasteiger partial charge in [-0.3, -0.25) is 0 Å². The molecule has 2 aliphatic carbocycles. The predicted octanol–water partition coefficient (Wildman–Crippen LogP) is 11.1. The zero-order valence-electron chi connectivity index (χ0n) is 32.6. The normalized spacial score (nSPS) is 14.1. The van der Waals surface area contributed by atoms with Crippen molar-refractivity contribution in [2.24, 2.45) is 11.5 Å². The molecule has 0 fully saturated rings. The number of hydrogen-bond acceptors (Lipinski definition) is 6.